The van der Waals surface area contributed by atoms with E-state index in [0.717, 1.165) is 64.3 Å². The molecule has 0 bridgehead atoms. The number of methoxy groups -OCH3 is 1. The molecule has 1 heterocycles. The van der Waals surface area contributed by atoms with Crippen LogP contribution < -0.4 is 10.1 Å². The highest BCUT2D eigenvalue weighted by Gasteiger charge is 2.21. The Morgan fingerprint density at radius 2 is 2.03 bits per heavy atom. The molecule has 0 radical (unpaired) electrons. The van der Waals surface area contributed by atoms with Gasteiger partial charge in [0, 0.05) is 16.6 Å². The maximum Gasteiger partial charge on any atom is 0.335 e. The molecule has 166 valence electrons. The van der Waals surface area contributed by atoms with Gasteiger partial charge in [-0.25, -0.2) is 4.79 Å². The highest BCUT2D eigenvalue weighted by molar-refractivity contribution is 7.98. The Balaban J connectivity index is 1.94. The van der Waals surface area contributed by atoms with Crippen LogP contribution in [0.25, 0.3) is 11.0 Å². The van der Waals surface area contributed by atoms with E-state index in [1.807, 2.05) is 49.0 Å². The summed E-state index contributed by atoms with van der Waals surface area (Å²) >= 11 is 1.86. The second kappa shape index (κ2) is 10.6. The molecule has 6 heteroatoms. The molecular weight excluding hydrogens is 410 g/mol. The number of furan rings is 1. The van der Waals surface area contributed by atoms with Gasteiger partial charge < -0.3 is 19.6 Å². The third kappa shape index (κ3) is 5.37. The van der Waals surface area contributed by atoms with Crippen molar-refractivity contribution in [2.75, 3.05) is 24.4 Å². The van der Waals surface area contributed by atoms with Crippen LogP contribution >= 0.6 is 11.8 Å². The van der Waals surface area contributed by atoms with E-state index in [4.69, 9.17) is 9.15 Å². The minimum absolute atomic E-state index is 0.000588. The maximum atomic E-state index is 11.5. The number of nitrogens with one attached hydrogen (secondary N) is 1. The number of hydrogen-bond donors (Lipinski definition) is 2. The lowest BCUT2D eigenvalue weighted by atomic mass is 10.0. The van der Waals surface area contributed by atoms with Gasteiger partial charge in [0.25, 0.3) is 0 Å². The minimum atomic E-state index is -0.890. The molecule has 5 nitrogen and oxygen atoms in total. The molecule has 0 spiro atoms. The van der Waals surface area contributed by atoms with Gasteiger partial charge in [-0.05, 0) is 80.2 Å². The second-order valence-electron chi connectivity index (χ2n) is 7.67. The highest BCUT2D eigenvalue weighted by Crippen LogP contribution is 2.36. The van der Waals surface area contributed by atoms with Crippen molar-refractivity contribution in [3.63, 3.8) is 0 Å². The van der Waals surface area contributed by atoms with Gasteiger partial charge in [0.15, 0.2) is 0 Å². The number of unbranched alkanes of at least 4 members (excludes halogenated alkanes) is 1. The number of hydrogen-bond acceptors (Lipinski definition) is 5. The number of fused-ring (bicyclic) bond motifs is 1. The molecule has 3 rings (SSSR count). The number of carbonyl (C=O) groups is 1. The van der Waals surface area contributed by atoms with Crippen LogP contribution in [-0.4, -0.2) is 30.2 Å². The molecule has 2 aromatic carbocycles. The van der Waals surface area contributed by atoms with Crippen LogP contribution in [0.3, 0.4) is 0 Å². The van der Waals surface area contributed by atoms with Gasteiger partial charge in [0.1, 0.15) is 17.1 Å². The molecule has 0 fully saturated rings. The van der Waals surface area contributed by atoms with E-state index in [9.17, 15) is 9.90 Å². The van der Waals surface area contributed by atoms with Gasteiger partial charge in [-0.15, -0.1) is 0 Å². The number of aromatic carboxylic acids is 1. The fraction of sp³-hybridized carbons (Fsp3) is 0.400. The molecule has 0 amide bonds. The molecule has 0 aliphatic carbocycles. The number of anilines is 1. The summed E-state index contributed by atoms with van der Waals surface area (Å²) in [6.45, 7) is 4.06. The van der Waals surface area contributed by atoms with Crippen LogP contribution in [0.2, 0.25) is 0 Å². The Labute approximate surface area is 188 Å². The fourth-order valence-corrected chi connectivity index (χ4v) is 4.42. The standard InChI is InChI=1S/C25H31NO4S/c1-5-17-14-18(9-11-20(17)25(27)28)26-22(8-6-7-13-31-4)24-16(2)21-15-19(29-3)10-12-23(21)30-24/h9-12,14-15,22,26H,5-8,13H2,1-4H3,(H,27,28). The number of carboxylic acids is 1. The zero-order valence-corrected chi connectivity index (χ0v) is 19.5. The third-order valence-corrected chi connectivity index (χ3v) is 6.34. The van der Waals surface area contributed by atoms with Crippen molar-refractivity contribution in [2.24, 2.45) is 0 Å². The summed E-state index contributed by atoms with van der Waals surface area (Å²) in [6.07, 6.45) is 5.94. The quantitative estimate of drug-likeness (QED) is 0.323. The molecule has 2 N–H and O–H groups in total. The average Bonchev–Trinajstić information content (AvgIpc) is 3.11. The van der Waals surface area contributed by atoms with Gasteiger partial charge in [0.05, 0.1) is 18.7 Å². The SMILES string of the molecule is CCc1cc(NC(CCCCSC)c2oc3ccc(OC)cc3c2C)ccc1C(=O)O. The zero-order chi connectivity index (χ0) is 22.4. The van der Waals surface area contributed by atoms with E-state index in [1.165, 1.54) is 0 Å². The van der Waals surface area contributed by atoms with Crippen molar-refractivity contribution in [2.45, 2.75) is 45.6 Å². The maximum absolute atomic E-state index is 11.5. The van der Waals surface area contributed by atoms with E-state index >= 15 is 0 Å². The molecule has 1 aromatic heterocycles. The molecule has 0 saturated carbocycles. The van der Waals surface area contributed by atoms with Gasteiger partial charge in [0.2, 0.25) is 0 Å². The predicted molar refractivity (Wildman–Crippen MR) is 129 cm³/mol. The first-order valence-corrected chi connectivity index (χ1v) is 12.1. The monoisotopic (exact) mass is 441 g/mol. The number of benzene rings is 2. The van der Waals surface area contributed by atoms with Crippen molar-refractivity contribution in [3.8, 4) is 5.75 Å². The van der Waals surface area contributed by atoms with Gasteiger partial charge >= 0.3 is 5.97 Å². The minimum Gasteiger partial charge on any atom is -0.497 e. The number of rotatable bonds is 11. The van der Waals surface area contributed by atoms with Crippen molar-refractivity contribution in [3.05, 3.63) is 58.8 Å². The lowest BCUT2D eigenvalue weighted by molar-refractivity contribution is 0.0695. The molecule has 1 atom stereocenters. The molecular formula is C25H31NO4S. The Bertz CT molecular complexity index is 1040. The van der Waals surface area contributed by atoms with Crippen LogP contribution in [0.4, 0.5) is 5.69 Å². The Kier molecular flexibility index (Phi) is 7.91. The van der Waals surface area contributed by atoms with E-state index in [-0.39, 0.29) is 6.04 Å². The topological polar surface area (TPSA) is 71.7 Å². The largest absolute Gasteiger partial charge is 0.497 e. The van der Waals surface area contributed by atoms with Crippen molar-refractivity contribution >= 4 is 34.4 Å². The van der Waals surface area contributed by atoms with Crippen molar-refractivity contribution in [1.29, 1.82) is 0 Å². The fourth-order valence-electron chi connectivity index (χ4n) is 3.93. The number of aryl methyl sites for hydroxylation is 2. The summed E-state index contributed by atoms with van der Waals surface area (Å²) in [7, 11) is 1.67. The average molecular weight is 442 g/mol. The van der Waals surface area contributed by atoms with Gasteiger partial charge in [-0.3, -0.25) is 0 Å². The van der Waals surface area contributed by atoms with Gasteiger partial charge in [-0.1, -0.05) is 13.3 Å². The van der Waals surface area contributed by atoms with E-state index in [0.29, 0.717) is 12.0 Å². The second-order valence-corrected chi connectivity index (χ2v) is 8.66. The summed E-state index contributed by atoms with van der Waals surface area (Å²) in [5.74, 6) is 1.98. The first-order valence-electron chi connectivity index (χ1n) is 10.7. The summed E-state index contributed by atoms with van der Waals surface area (Å²) < 4.78 is 11.7. The Morgan fingerprint density at radius 3 is 2.71 bits per heavy atom. The van der Waals surface area contributed by atoms with E-state index < -0.39 is 5.97 Å². The Hall–Kier alpha value is -2.60. The number of carboxylic acid groups (broad SMARTS) is 1. The Morgan fingerprint density at radius 1 is 1.23 bits per heavy atom. The summed E-state index contributed by atoms with van der Waals surface area (Å²) in [6, 6.07) is 11.4. The van der Waals surface area contributed by atoms with Crippen LogP contribution in [0.1, 0.15) is 59.5 Å². The van der Waals surface area contributed by atoms with Crippen molar-refractivity contribution in [1.82, 2.24) is 0 Å². The first kappa shape index (κ1) is 23.1. The molecule has 1 unspecified atom stereocenters. The molecule has 0 aliphatic heterocycles. The number of ether oxygens (including phenoxy) is 1. The van der Waals surface area contributed by atoms with Crippen molar-refractivity contribution < 1.29 is 19.1 Å². The highest BCUT2D eigenvalue weighted by atomic mass is 32.2. The summed E-state index contributed by atoms with van der Waals surface area (Å²) in [5.41, 5.74) is 4.05. The molecule has 3 aromatic rings. The van der Waals surface area contributed by atoms with Crippen LogP contribution in [0.15, 0.2) is 40.8 Å². The summed E-state index contributed by atoms with van der Waals surface area (Å²) in [4.78, 5) is 11.5. The van der Waals surface area contributed by atoms with E-state index in [1.54, 1.807) is 13.2 Å². The lowest BCUT2D eigenvalue weighted by Gasteiger charge is -2.20. The number of thioether (sulfide) groups is 1. The van der Waals surface area contributed by atoms with Crippen LogP contribution in [0, 0.1) is 6.92 Å². The van der Waals surface area contributed by atoms with Crippen LogP contribution in [-0.2, 0) is 6.42 Å². The summed E-state index contributed by atoms with van der Waals surface area (Å²) in [5, 5.41) is 14.1. The molecule has 0 saturated heterocycles. The van der Waals surface area contributed by atoms with E-state index in [2.05, 4.69) is 18.5 Å². The predicted octanol–water partition coefficient (Wildman–Crippen LogP) is 6.70. The third-order valence-electron chi connectivity index (χ3n) is 5.65. The normalized spacial score (nSPS) is 12.1. The van der Waals surface area contributed by atoms with Gasteiger partial charge in [-0.2, -0.15) is 11.8 Å². The molecule has 0 aliphatic rings. The van der Waals surface area contributed by atoms with Crippen LogP contribution in [0.5, 0.6) is 5.75 Å². The lowest BCUT2D eigenvalue weighted by Crippen LogP contribution is -2.12. The first-order chi connectivity index (χ1) is 15.0. The molecule has 31 heavy (non-hydrogen) atoms. The smallest absolute Gasteiger partial charge is 0.335 e. The zero-order valence-electron chi connectivity index (χ0n) is 18.7.